The van der Waals surface area contributed by atoms with Gasteiger partial charge in [-0.15, -0.1) is 0 Å². The molecule has 0 saturated carbocycles. The molecule has 2 unspecified atom stereocenters. The van der Waals surface area contributed by atoms with E-state index in [1.54, 1.807) is 35.2 Å². The SMILES string of the molecule is COc1ccc(S(=O)(=O)N2CCCC(C(=O)N3CC(C(=O)NCCc4ccccc4)Oc4ccccc43)C2)cc1. The lowest BCUT2D eigenvalue weighted by molar-refractivity contribution is -0.129. The largest absolute Gasteiger partial charge is 0.497 e. The molecule has 0 radical (unpaired) electrons. The number of hydrogen-bond donors (Lipinski definition) is 1. The van der Waals surface area contributed by atoms with Crippen molar-refractivity contribution in [3.63, 3.8) is 0 Å². The van der Waals surface area contributed by atoms with Crippen LogP contribution in [-0.2, 0) is 26.0 Å². The Morgan fingerprint density at radius 1 is 0.975 bits per heavy atom. The highest BCUT2D eigenvalue weighted by Gasteiger charge is 2.39. The van der Waals surface area contributed by atoms with Gasteiger partial charge in [0, 0.05) is 19.6 Å². The molecule has 0 aliphatic carbocycles. The van der Waals surface area contributed by atoms with Crippen LogP contribution in [0, 0.1) is 5.92 Å². The van der Waals surface area contributed by atoms with Gasteiger partial charge in [0.1, 0.15) is 11.5 Å². The number of hydrogen-bond acceptors (Lipinski definition) is 6. The van der Waals surface area contributed by atoms with E-state index in [1.807, 2.05) is 36.4 Å². The van der Waals surface area contributed by atoms with Crippen LogP contribution in [-0.4, -0.2) is 63.9 Å². The molecule has 0 spiro atoms. The first kappa shape index (κ1) is 27.7. The van der Waals surface area contributed by atoms with Crippen LogP contribution in [0.2, 0.25) is 0 Å². The second kappa shape index (κ2) is 12.1. The molecule has 5 rings (SSSR count). The van der Waals surface area contributed by atoms with Gasteiger partial charge < -0.3 is 19.7 Å². The molecule has 3 aromatic rings. The molecule has 2 heterocycles. The molecule has 1 N–H and O–H groups in total. The summed E-state index contributed by atoms with van der Waals surface area (Å²) in [5, 5.41) is 2.93. The molecular weight excluding hydrogens is 530 g/mol. The van der Waals surface area contributed by atoms with Crippen LogP contribution in [0.4, 0.5) is 5.69 Å². The number of amides is 2. The van der Waals surface area contributed by atoms with Gasteiger partial charge in [-0.05, 0) is 61.2 Å². The molecule has 2 amide bonds. The minimum atomic E-state index is -3.78. The number of piperidine rings is 1. The number of sulfonamides is 1. The lowest BCUT2D eigenvalue weighted by Crippen LogP contribution is -2.54. The molecule has 0 bridgehead atoms. The van der Waals surface area contributed by atoms with Crippen molar-refractivity contribution in [3.8, 4) is 11.5 Å². The zero-order valence-corrected chi connectivity index (χ0v) is 23.2. The number of carbonyl (C=O) groups excluding carboxylic acids is 2. The number of fused-ring (bicyclic) bond motifs is 1. The molecule has 40 heavy (non-hydrogen) atoms. The molecule has 2 aliphatic rings. The zero-order valence-electron chi connectivity index (χ0n) is 22.4. The molecule has 0 aromatic heterocycles. The third-order valence-electron chi connectivity index (χ3n) is 7.32. The van der Waals surface area contributed by atoms with E-state index in [0.29, 0.717) is 49.5 Å². The normalized spacial score (nSPS) is 19.3. The van der Waals surface area contributed by atoms with Crippen molar-refractivity contribution >= 4 is 27.5 Å². The molecule has 210 valence electrons. The first-order valence-electron chi connectivity index (χ1n) is 13.4. The van der Waals surface area contributed by atoms with Gasteiger partial charge in [0.15, 0.2) is 6.10 Å². The number of methoxy groups -OCH3 is 1. The fourth-order valence-electron chi connectivity index (χ4n) is 5.15. The summed E-state index contributed by atoms with van der Waals surface area (Å²) in [4.78, 5) is 28.7. The van der Waals surface area contributed by atoms with Crippen molar-refractivity contribution in [3.05, 3.63) is 84.4 Å². The average molecular weight is 564 g/mol. The quantitative estimate of drug-likeness (QED) is 0.451. The predicted molar refractivity (Wildman–Crippen MR) is 151 cm³/mol. The van der Waals surface area contributed by atoms with E-state index < -0.39 is 22.0 Å². The van der Waals surface area contributed by atoms with E-state index in [-0.39, 0.29) is 29.8 Å². The van der Waals surface area contributed by atoms with E-state index in [0.717, 1.165) is 5.56 Å². The third-order valence-corrected chi connectivity index (χ3v) is 9.20. The number of nitrogens with one attached hydrogen (secondary N) is 1. The van der Waals surface area contributed by atoms with E-state index in [9.17, 15) is 18.0 Å². The Kier molecular flexibility index (Phi) is 8.37. The first-order chi connectivity index (χ1) is 19.4. The number of carbonyl (C=O) groups is 2. The highest BCUT2D eigenvalue weighted by molar-refractivity contribution is 7.89. The minimum Gasteiger partial charge on any atom is -0.497 e. The lowest BCUT2D eigenvalue weighted by atomic mass is 9.97. The van der Waals surface area contributed by atoms with Crippen molar-refractivity contribution in [2.75, 3.05) is 38.2 Å². The van der Waals surface area contributed by atoms with E-state index >= 15 is 0 Å². The second-order valence-electron chi connectivity index (χ2n) is 9.93. The fraction of sp³-hybridized carbons (Fsp3) is 0.333. The average Bonchev–Trinajstić information content (AvgIpc) is 3.00. The summed E-state index contributed by atoms with van der Waals surface area (Å²) < 4.78 is 39.2. The Balaban J connectivity index is 1.29. The first-order valence-corrected chi connectivity index (χ1v) is 14.8. The molecule has 2 atom stereocenters. The number of anilines is 1. The highest BCUT2D eigenvalue weighted by Crippen LogP contribution is 2.35. The third kappa shape index (κ3) is 5.97. The second-order valence-corrected chi connectivity index (χ2v) is 11.9. The van der Waals surface area contributed by atoms with E-state index in [2.05, 4.69) is 5.32 Å². The van der Waals surface area contributed by atoms with Crippen LogP contribution in [0.15, 0.2) is 83.8 Å². The Labute approximate surface area is 234 Å². The van der Waals surface area contributed by atoms with Crippen molar-refractivity contribution in [2.24, 2.45) is 5.92 Å². The standard InChI is InChI=1S/C30H33N3O6S/c1-38-24-13-15-25(16-14-24)40(36,37)32-19-7-10-23(20-32)30(35)33-21-28(39-27-12-6-5-11-26(27)33)29(34)31-18-17-22-8-3-2-4-9-22/h2-6,8-9,11-16,23,28H,7,10,17-21H2,1H3,(H,31,34). The van der Waals surface area contributed by atoms with Crippen molar-refractivity contribution < 1.29 is 27.5 Å². The topological polar surface area (TPSA) is 105 Å². The van der Waals surface area contributed by atoms with Crippen molar-refractivity contribution in [2.45, 2.75) is 30.3 Å². The minimum absolute atomic E-state index is 0.0503. The number of ether oxygens (including phenoxy) is 2. The van der Waals surface area contributed by atoms with Crippen LogP contribution < -0.4 is 19.7 Å². The summed E-state index contributed by atoms with van der Waals surface area (Å²) in [5.74, 6) is -0.0445. The Morgan fingerprint density at radius 2 is 1.70 bits per heavy atom. The monoisotopic (exact) mass is 563 g/mol. The molecule has 1 fully saturated rings. The van der Waals surface area contributed by atoms with Gasteiger partial charge in [-0.1, -0.05) is 42.5 Å². The Bertz CT molecular complexity index is 1450. The van der Waals surface area contributed by atoms with Gasteiger partial charge in [0.05, 0.1) is 30.2 Å². The van der Waals surface area contributed by atoms with Crippen LogP contribution in [0.3, 0.4) is 0 Å². The maximum Gasteiger partial charge on any atom is 0.262 e. The van der Waals surface area contributed by atoms with Gasteiger partial charge in [-0.25, -0.2) is 8.42 Å². The molecule has 1 saturated heterocycles. The summed E-state index contributed by atoms with van der Waals surface area (Å²) in [6.45, 7) is 0.902. The smallest absolute Gasteiger partial charge is 0.262 e. The Morgan fingerprint density at radius 3 is 2.45 bits per heavy atom. The van der Waals surface area contributed by atoms with Crippen LogP contribution >= 0.6 is 0 Å². The van der Waals surface area contributed by atoms with Gasteiger partial charge in [-0.3, -0.25) is 9.59 Å². The van der Waals surface area contributed by atoms with Gasteiger partial charge in [0.2, 0.25) is 15.9 Å². The predicted octanol–water partition coefficient (Wildman–Crippen LogP) is 3.25. The van der Waals surface area contributed by atoms with Crippen LogP contribution in [0.25, 0.3) is 0 Å². The van der Waals surface area contributed by atoms with Crippen molar-refractivity contribution in [1.29, 1.82) is 0 Å². The van der Waals surface area contributed by atoms with Gasteiger partial charge in [0.25, 0.3) is 5.91 Å². The number of nitrogens with zero attached hydrogens (tertiary/aromatic N) is 2. The number of benzene rings is 3. The van der Waals surface area contributed by atoms with E-state index in [4.69, 9.17) is 9.47 Å². The maximum absolute atomic E-state index is 13.9. The summed E-state index contributed by atoms with van der Waals surface area (Å²) in [5.41, 5.74) is 1.69. The molecule has 3 aromatic carbocycles. The summed E-state index contributed by atoms with van der Waals surface area (Å²) in [6.07, 6.45) is 0.915. The summed E-state index contributed by atoms with van der Waals surface area (Å²) >= 11 is 0. The zero-order chi connectivity index (χ0) is 28.1. The van der Waals surface area contributed by atoms with E-state index in [1.165, 1.54) is 23.5 Å². The summed E-state index contributed by atoms with van der Waals surface area (Å²) in [6, 6.07) is 23.2. The molecule has 10 heteroatoms. The molecule has 2 aliphatic heterocycles. The summed E-state index contributed by atoms with van der Waals surface area (Å²) in [7, 11) is -2.26. The number of rotatable bonds is 8. The van der Waals surface area contributed by atoms with Gasteiger partial charge >= 0.3 is 0 Å². The van der Waals surface area contributed by atoms with Crippen molar-refractivity contribution in [1.82, 2.24) is 9.62 Å². The van der Waals surface area contributed by atoms with Crippen LogP contribution in [0.1, 0.15) is 18.4 Å². The Hall–Kier alpha value is -3.89. The lowest BCUT2D eigenvalue weighted by Gasteiger charge is -2.38. The highest BCUT2D eigenvalue weighted by atomic mass is 32.2. The maximum atomic E-state index is 13.9. The van der Waals surface area contributed by atoms with Gasteiger partial charge in [-0.2, -0.15) is 4.31 Å². The molecular formula is C30H33N3O6S. The fourth-order valence-corrected chi connectivity index (χ4v) is 6.67. The molecule has 9 nitrogen and oxygen atoms in total. The van der Waals surface area contributed by atoms with Crippen LogP contribution in [0.5, 0.6) is 11.5 Å². The number of para-hydroxylation sites is 2.